The molecule has 1 aromatic heterocycles. The third-order valence-electron chi connectivity index (χ3n) is 4.95. The highest BCUT2D eigenvalue weighted by atomic mass is 16.4. The van der Waals surface area contributed by atoms with Gasteiger partial charge in [-0.2, -0.15) is 0 Å². The highest BCUT2D eigenvalue weighted by molar-refractivity contribution is 5.95. The second-order valence-corrected chi connectivity index (χ2v) is 6.66. The van der Waals surface area contributed by atoms with Crippen molar-refractivity contribution in [2.24, 2.45) is 11.8 Å². The first-order valence-electron chi connectivity index (χ1n) is 8.71. The van der Waals surface area contributed by atoms with Gasteiger partial charge in [-0.25, -0.2) is 0 Å². The Kier molecular flexibility index (Phi) is 4.88. The van der Waals surface area contributed by atoms with Crippen molar-refractivity contribution in [1.29, 1.82) is 0 Å². The van der Waals surface area contributed by atoms with E-state index < -0.39 is 5.97 Å². The number of anilines is 1. The molecule has 24 heavy (non-hydrogen) atoms. The molecule has 1 aromatic carbocycles. The largest absolute Gasteiger partial charge is 0.481 e. The lowest BCUT2D eigenvalue weighted by Gasteiger charge is -2.25. The SMILES string of the molecule is CCCn1ccc2cc(NC(=O)C3CCC(C(=O)O)CC3)ccc21. The molecule has 1 fully saturated rings. The van der Waals surface area contributed by atoms with Crippen molar-refractivity contribution in [3.05, 3.63) is 30.5 Å². The van der Waals surface area contributed by atoms with Gasteiger partial charge in [0, 0.05) is 35.2 Å². The molecular formula is C19H24N2O3. The smallest absolute Gasteiger partial charge is 0.306 e. The summed E-state index contributed by atoms with van der Waals surface area (Å²) in [5.74, 6) is -1.10. The zero-order valence-corrected chi connectivity index (χ0v) is 14.0. The lowest BCUT2D eigenvalue weighted by Crippen LogP contribution is -2.29. The summed E-state index contributed by atoms with van der Waals surface area (Å²) in [5.41, 5.74) is 1.99. The summed E-state index contributed by atoms with van der Waals surface area (Å²) in [6.45, 7) is 3.14. The zero-order valence-electron chi connectivity index (χ0n) is 14.0. The lowest BCUT2D eigenvalue weighted by molar-refractivity contribution is -0.143. The summed E-state index contributed by atoms with van der Waals surface area (Å²) in [6, 6.07) is 8.05. The van der Waals surface area contributed by atoms with Crippen molar-refractivity contribution >= 4 is 28.5 Å². The minimum Gasteiger partial charge on any atom is -0.481 e. The van der Waals surface area contributed by atoms with Crippen LogP contribution in [0.1, 0.15) is 39.0 Å². The molecule has 0 saturated heterocycles. The van der Waals surface area contributed by atoms with Gasteiger partial charge in [-0.05, 0) is 56.4 Å². The number of rotatable bonds is 5. The number of benzene rings is 1. The Morgan fingerprint density at radius 1 is 1.17 bits per heavy atom. The van der Waals surface area contributed by atoms with Crippen molar-refractivity contribution in [2.75, 3.05) is 5.32 Å². The highest BCUT2D eigenvalue weighted by Crippen LogP contribution is 2.30. The number of carbonyl (C=O) groups excluding carboxylic acids is 1. The van der Waals surface area contributed by atoms with E-state index in [1.165, 1.54) is 5.52 Å². The molecule has 0 aliphatic heterocycles. The van der Waals surface area contributed by atoms with Gasteiger partial charge in [0.25, 0.3) is 0 Å². The molecule has 1 aliphatic carbocycles. The van der Waals surface area contributed by atoms with Crippen LogP contribution in [0.3, 0.4) is 0 Å². The Labute approximate surface area is 141 Å². The number of carboxylic acid groups (broad SMARTS) is 1. The quantitative estimate of drug-likeness (QED) is 0.875. The Balaban J connectivity index is 1.64. The molecule has 1 aliphatic rings. The van der Waals surface area contributed by atoms with Crippen LogP contribution in [0, 0.1) is 11.8 Å². The van der Waals surface area contributed by atoms with Gasteiger partial charge in [-0.3, -0.25) is 9.59 Å². The molecule has 1 heterocycles. The molecular weight excluding hydrogens is 304 g/mol. The Morgan fingerprint density at radius 3 is 2.54 bits per heavy atom. The first-order chi connectivity index (χ1) is 11.6. The van der Waals surface area contributed by atoms with Crippen LogP contribution in [0.2, 0.25) is 0 Å². The molecule has 1 amide bonds. The number of aryl methyl sites for hydroxylation is 1. The van der Waals surface area contributed by atoms with E-state index >= 15 is 0 Å². The second-order valence-electron chi connectivity index (χ2n) is 6.66. The Hall–Kier alpha value is -2.30. The van der Waals surface area contributed by atoms with Crippen LogP contribution in [0.15, 0.2) is 30.5 Å². The minimum atomic E-state index is -0.740. The van der Waals surface area contributed by atoms with Crippen molar-refractivity contribution in [3.63, 3.8) is 0 Å². The molecule has 2 N–H and O–H groups in total. The van der Waals surface area contributed by atoms with E-state index in [-0.39, 0.29) is 17.7 Å². The van der Waals surface area contributed by atoms with Gasteiger partial charge in [0.15, 0.2) is 0 Å². The van der Waals surface area contributed by atoms with Gasteiger partial charge < -0.3 is 15.0 Å². The summed E-state index contributed by atoms with van der Waals surface area (Å²) in [5, 5.41) is 13.2. The molecule has 0 bridgehead atoms. The summed E-state index contributed by atoms with van der Waals surface area (Å²) in [6.07, 6.45) is 5.64. The number of hydrogen-bond acceptors (Lipinski definition) is 2. The molecule has 0 radical (unpaired) electrons. The molecule has 0 spiro atoms. The van der Waals surface area contributed by atoms with Gasteiger partial charge in [0.05, 0.1) is 5.92 Å². The molecule has 3 rings (SSSR count). The molecule has 0 unspecified atom stereocenters. The number of carbonyl (C=O) groups is 2. The Morgan fingerprint density at radius 2 is 1.88 bits per heavy atom. The number of nitrogens with zero attached hydrogens (tertiary/aromatic N) is 1. The van der Waals surface area contributed by atoms with Crippen LogP contribution < -0.4 is 5.32 Å². The highest BCUT2D eigenvalue weighted by Gasteiger charge is 2.29. The fourth-order valence-corrected chi connectivity index (χ4v) is 3.56. The van der Waals surface area contributed by atoms with Crippen molar-refractivity contribution < 1.29 is 14.7 Å². The third kappa shape index (κ3) is 3.45. The van der Waals surface area contributed by atoms with E-state index in [0.29, 0.717) is 25.7 Å². The van der Waals surface area contributed by atoms with E-state index in [9.17, 15) is 9.59 Å². The van der Waals surface area contributed by atoms with Crippen LogP contribution in [-0.4, -0.2) is 21.6 Å². The van der Waals surface area contributed by atoms with Crippen molar-refractivity contribution in [2.45, 2.75) is 45.6 Å². The Bertz CT molecular complexity index is 742. The monoisotopic (exact) mass is 328 g/mol. The first-order valence-corrected chi connectivity index (χ1v) is 8.71. The molecule has 128 valence electrons. The average molecular weight is 328 g/mol. The maximum atomic E-state index is 12.4. The predicted octanol–water partition coefficient (Wildman–Crippen LogP) is 3.88. The number of amides is 1. The number of carboxylic acids is 1. The predicted molar refractivity (Wildman–Crippen MR) is 93.9 cm³/mol. The van der Waals surface area contributed by atoms with E-state index in [2.05, 4.69) is 29.1 Å². The lowest BCUT2D eigenvalue weighted by atomic mass is 9.81. The molecule has 5 heteroatoms. The molecule has 1 saturated carbocycles. The normalized spacial score (nSPS) is 20.9. The summed E-state index contributed by atoms with van der Waals surface area (Å²) >= 11 is 0. The summed E-state index contributed by atoms with van der Waals surface area (Å²) in [7, 11) is 0. The van der Waals surface area contributed by atoms with Gasteiger partial charge in [-0.1, -0.05) is 6.92 Å². The fraction of sp³-hybridized carbons (Fsp3) is 0.474. The van der Waals surface area contributed by atoms with E-state index in [0.717, 1.165) is 24.0 Å². The number of nitrogens with one attached hydrogen (secondary N) is 1. The maximum Gasteiger partial charge on any atom is 0.306 e. The number of aliphatic carboxylic acids is 1. The van der Waals surface area contributed by atoms with Crippen LogP contribution in [-0.2, 0) is 16.1 Å². The van der Waals surface area contributed by atoms with Crippen LogP contribution in [0.4, 0.5) is 5.69 Å². The summed E-state index contributed by atoms with van der Waals surface area (Å²) < 4.78 is 2.22. The van der Waals surface area contributed by atoms with Crippen LogP contribution in [0.5, 0.6) is 0 Å². The number of hydrogen-bond donors (Lipinski definition) is 2. The molecule has 2 aromatic rings. The topological polar surface area (TPSA) is 71.3 Å². The van der Waals surface area contributed by atoms with Gasteiger partial charge in [0.1, 0.15) is 0 Å². The van der Waals surface area contributed by atoms with E-state index in [1.807, 2.05) is 18.2 Å². The van der Waals surface area contributed by atoms with Crippen molar-refractivity contribution in [3.8, 4) is 0 Å². The summed E-state index contributed by atoms with van der Waals surface area (Å²) in [4.78, 5) is 23.4. The minimum absolute atomic E-state index is 0.00572. The maximum absolute atomic E-state index is 12.4. The standard InChI is InChI=1S/C19H24N2O3/c1-2-10-21-11-9-15-12-16(7-8-17(15)21)20-18(22)13-3-5-14(6-4-13)19(23)24/h7-9,11-14H,2-6,10H2,1H3,(H,20,22)(H,23,24). The van der Waals surface area contributed by atoms with Gasteiger partial charge in [-0.15, -0.1) is 0 Å². The third-order valence-corrected chi connectivity index (χ3v) is 4.95. The van der Waals surface area contributed by atoms with Crippen LogP contribution in [0.25, 0.3) is 10.9 Å². The zero-order chi connectivity index (χ0) is 17.1. The van der Waals surface area contributed by atoms with Gasteiger partial charge in [0.2, 0.25) is 5.91 Å². The molecule has 0 atom stereocenters. The van der Waals surface area contributed by atoms with Gasteiger partial charge >= 0.3 is 5.97 Å². The first kappa shape index (κ1) is 16.6. The van der Waals surface area contributed by atoms with E-state index in [1.54, 1.807) is 0 Å². The van der Waals surface area contributed by atoms with Crippen molar-refractivity contribution in [1.82, 2.24) is 4.57 Å². The van der Waals surface area contributed by atoms with Crippen LogP contribution >= 0.6 is 0 Å². The fourth-order valence-electron chi connectivity index (χ4n) is 3.56. The average Bonchev–Trinajstić information content (AvgIpc) is 2.97. The van der Waals surface area contributed by atoms with E-state index in [4.69, 9.17) is 5.11 Å². The second kappa shape index (κ2) is 7.07. The number of aromatic nitrogens is 1. The molecule has 5 nitrogen and oxygen atoms in total. The number of fused-ring (bicyclic) bond motifs is 1.